The zero-order valence-corrected chi connectivity index (χ0v) is 19.5. The van der Waals surface area contributed by atoms with E-state index in [1.165, 1.54) is 18.2 Å². The van der Waals surface area contributed by atoms with Crippen LogP contribution in [0, 0.1) is 13.8 Å². The van der Waals surface area contributed by atoms with Crippen molar-refractivity contribution >= 4 is 5.71 Å². The Bertz CT molecular complexity index is 947. The highest BCUT2D eigenvalue weighted by molar-refractivity contribution is 6.04. The van der Waals surface area contributed by atoms with Crippen LogP contribution in [0.15, 0.2) is 53.7 Å². The summed E-state index contributed by atoms with van der Waals surface area (Å²) in [5.74, 6) is 1.87. The van der Waals surface area contributed by atoms with Crippen LogP contribution in [0.1, 0.15) is 37.0 Å². The summed E-state index contributed by atoms with van der Waals surface area (Å²) in [6.45, 7) is 8.55. The highest BCUT2D eigenvalue weighted by Gasteiger charge is 2.38. The number of alkyl halides is 3. The third-order valence-corrected chi connectivity index (χ3v) is 4.69. The Hall–Kier alpha value is -3.16. The van der Waals surface area contributed by atoms with E-state index in [-0.39, 0.29) is 18.3 Å². The van der Waals surface area contributed by atoms with Crippen molar-refractivity contribution in [2.45, 2.75) is 46.4 Å². The Kier molecular flexibility index (Phi) is 9.63. The van der Waals surface area contributed by atoms with Crippen LogP contribution in [-0.2, 0) is 4.84 Å². The van der Waals surface area contributed by atoms with E-state index in [1.807, 2.05) is 52.0 Å². The lowest BCUT2D eigenvalue weighted by Crippen LogP contribution is -2.24. The maximum atomic E-state index is 13.2. The van der Waals surface area contributed by atoms with Crippen LogP contribution in [0.5, 0.6) is 17.2 Å². The number of halogens is 3. The minimum atomic E-state index is -4.64. The zero-order valence-electron chi connectivity index (χ0n) is 19.5. The fourth-order valence-electron chi connectivity index (χ4n) is 3.12. The second-order valence-corrected chi connectivity index (χ2v) is 7.48. The van der Waals surface area contributed by atoms with Crippen molar-refractivity contribution in [3.63, 3.8) is 0 Å². The average molecular weight is 466 g/mol. The van der Waals surface area contributed by atoms with Gasteiger partial charge in [-0.15, -0.1) is 0 Å². The van der Waals surface area contributed by atoms with Gasteiger partial charge in [0.25, 0.3) is 0 Å². The van der Waals surface area contributed by atoms with E-state index in [1.54, 1.807) is 6.07 Å². The Morgan fingerprint density at radius 2 is 1.76 bits per heavy atom. The minimum Gasteiger partial charge on any atom is -0.493 e. The highest BCUT2D eigenvalue weighted by Crippen LogP contribution is 2.30. The van der Waals surface area contributed by atoms with Gasteiger partial charge < -0.3 is 19.0 Å². The Morgan fingerprint density at radius 1 is 1.06 bits per heavy atom. The van der Waals surface area contributed by atoms with E-state index in [0.29, 0.717) is 18.8 Å². The largest absolute Gasteiger partial charge is 0.493 e. The van der Waals surface area contributed by atoms with Gasteiger partial charge in [-0.05, 0) is 63.1 Å². The molecule has 0 aliphatic rings. The molecule has 180 valence electrons. The van der Waals surface area contributed by atoms with Gasteiger partial charge in [0.15, 0.2) is 5.71 Å². The molecule has 33 heavy (non-hydrogen) atoms. The molecule has 0 saturated heterocycles. The summed E-state index contributed by atoms with van der Waals surface area (Å²) in [4.78, 5) is 4.34. The van der Waals surface area contributed by atoms with Crippen molar-refractivity contribution in [1.82, 2.24) is 0 Å². The van der Waals surface area contributed by atoms with Crippen molar-refractivity contribution < 1.29 is 32.2 Å². The molecule has 1 atom stereocenters. The van der Waals surface area contributed by atoms with Crippen LogP contribution in [0.25, 0.3) is 0 Å². The van der Waals surface area contributed by atoms with E-state index in [2.05, 4.69) is 9.99 Å². The van der Waals surface area contributed by atoms with Crippen molar-refractivity contribution in [1.29, 1.82) is 0 Å². The summed E-state index contributed by atoms with van der Waals surface area (Å²) < 4.78 is 57.0. The van der Waals surface area contributed by atoms with Crippen LogP contribution >= 0.6 is 0 Å². The molecule has 0 radical (unpaired) electrons. The maximum absolute atomic E-state index is 13.2. The summed E-state index contributed by atoms with van der Waals surface area (Å²) in [5, 5.41) is 3.11. The van der Waals surface area contributed by atoms with Crippen molar-refractivity contribution in [3.8, 4) is 17.2 Å². The second kappa shape index (κ2) is 12.2. The summed E-state index contributed by atoms with van der Waals surface area (Å²) in [6.07, 6.45) is -0.400. The maximum Gasteiger partial charge on any atom is 0.437 e. The molecular weight excluding hydrogens is 435 g/mol. The van der Waals surface area contributed by atoms with Gasteiger partial charge in [-0.25, -0.2) is 0 Å². The summed E-state index contributed by atoms with van der Waals surface area (Å²) in [5.41, 5.74) is 0.677. The molecule has 0 aliphatic heterocycles. The molecule has 0 spiro atoms. The van der Waals surface area contributed by atoms with Gasteiger partial charge in [0, 0.05) is 12.0 Å². The molecule has 8 heteroatoms. The van der Waals surface area contributed by atoms with Crippen molar-refractivity contribution in [2.75, 3.05) is 20.3 Å². The number of rotatable bonds is 11. The number of oxime groups is 1. The predicted octanol–water partition coefficient (Wildman–Crippen LogP) is 6.41. The molecule has 2 aromatic carbocycles. The number of hydrogen-bond acceptors (Lipinski definition) is 5. The monoisotopic (exact) mass is 465 g/mol. The van der Waals surface area contributed by atoms with E-state index in [0.717, 1.165) is 29.7 Å². The second-order valence-electron chi connectivity index (χ2n) is 7.48. The smallest absolute Gasteiger partial charge is 0.437 e. The molecule has 0 aromatic heterocycles. The molecule has 2 rings (SSSR count). The average Bonchev–Trinajstić information content (AvgIpc) is 2.74. The van der Waals surface area contributed by atoms with Crippen molar-refractivity contribution in [2.24, 2.45) is 5.16 Å². The highest BCUT2D eigenvalue weighted by atomic mass is 19.4. The molecule has 0 saturated carbocycles. The molecule has 0 heterocycles. The SMILES string of the molecule is C/C=C/COc1cc(C)c(OC(C)CCOc2cccc(/C(=N/OC)C(F)(F)F)c2)c(C)c1. The van der Waals surface area contributed by atoms with Gasteiger partial charge >= 0.3 is 6.18 Å². The van der Waals surface area contributed by atoms with Crippen molar-refractivity contribution in [3.05, 3.63) is 65.2 Å². The standard InChI is InChI=1S/C25H30F3NO4/c1-6-7-12-31-22-14-17(2)23(18(3)15-22)33-19(4)11-13-32-21-10-8-9-20(16-21)24(29-30-5)25(26,27)28/h6-10,14-16,19H,11-13H2,1-5H3/b7-6+,29-24-. The minimum absolute atomic E-state index is 0.130. The lowest BCUT2D eigenvalue weighted by molar-refractivity contribution is -0.0608. The third kappa shape index (κ3) is 8.04. The molecule has 5 nitrogen and oxygen atoms in total. The lowest BCUT2D eigenvalue weighted by Gasteiger charge is -2.19. The quantitative estimate of drug-likeness (QED) is 0.219. The van der Waals surface area contributed by atoms with Gasteiger partial charge in [0.05, 0.1) is 12.7 Å². The van der Waals surface area contributed by atoms with Crippen LogP contribution in [-0.4, -0.2) is 38.3 Å². The molecule has 1 unspecified atom stereocenters. The van der Waals surface area contributed by atoms with E-state index < -0.39 is 11.9 Å². The first-order valence-electron chi connectivity index (χ1n) is 10.6. The number of nitrogens with zero attached hydrogens (tertiary/aromatic N) is 1. The molecule has 0 N–H and O–H groups in total. The van der Waals surface area contributed by atoms with Crippen LogP contribution in [0.3, 0.4) is 0 Å². The fourth-order valence-corrected chi connectivity index (χ4v) is 3.12. The fraction of sp³-hybridized carbons (Fsp3) is 0.400. The number of aryl methyl sites for hydroxylation is 2. The Balaban J connectivity index is 1.96. The third-order valence-electron chi connectivity index (χ3n) is 4.69. The Morgan fingerprint density at radius 3 is 2.36 bits per heavy atom. The number of benzene rings is 2. The van der Waals surface area contributed by atoms with Gasteiger partial charge in [0.2, 0.25) is 0 Å². The lowest BCUT2D eigenvalue weighted by atomic mass is 10.1. The molecule has 0 bridgehead atoms. The normalized spacial score (nSPS) is 13.2. The first-order valence-corrected chi connectivity index (χ1v) is 10.6. The van der Waals surface area contributed by atoms with Gasteiger partial charge in [-0.2, -0.15) is 13.2 Å². The predicted molar refractivity (Wildman–Crippen MR) is 122 cm³/mol. The van der Waals surface area contributed by atoms with Crippen LogP contribution < -0.4 is 14.2 Å². The summed E-state index contributed by atoms with van der Waals surface area (Å²) in [7, 11) is 1.07. The molecule has 2 aromatic rings. The van der Waals surface area contributed by atoms with Gasteiger partial charge in [0.1, 0.15) is 31.0 Å². The first-order chi connectivity index (χ1) is 15.7. The number of ether oxygens (including phenoxy) is 3. The van der Waals surface area contributed by atoms with Crippen LogP contribution in [0.4, 0.5) is 13.2 Å². The van der Waals surface area contributed by atoms with Gasteiger partial charge in [-0.3, -0.25) is 0 Å². The van der Waals surface area contributed by atoms with E-state index in [9.17, 15) is 13.2 Å². The molecule has 0 amide bonds. The molecule has 0 aliphatic carbocycles. The summed E-state index contributed by atoms with van der Waals surface area (Å²) in [6, 6.07) is 9.53. The van der Waals surface area contributed by atoms with Gasteiger partial charge in [-0.1, -0.05) is 29.4 Å². The summed E-state index contributed by atoms with van der Waals surface area (Å²) >= 11 is 0. The topological polar surface area (TPSA) is 49.3 Å². The number of hydrogen-bond donors (Lipinski definition) is 0. The Labute approximate surface area is 192 Å². The van der Waals surface area contributed by atoms with Crippen LogP contribution in [0.2, 0.25) is 0 Å². The zero-order chi connectivity index (χ0) is 24.4. The first kappa shape index (κ1) is 26.1. The van der Waals surface area contributed by atoms with E-state index in [4.69, 9.17) is 14.2 Å². The molecule has 0 fully saturated rings. The van der Waals surface area contributed by atoms with E-state index >= 15 is 0 Å². The molecular formula is C25H30F3NO4. The number of allylic oxidation sites excluding steroid dienone is 1.